The lowest BCUT2D eigenvalue weighted by molar-refractivity contribution is -0.119. The van der Waals surface area contributed by atoms with E-state index in [1.165, 1.54) is 31.4 Å². The number of sulfonamides is 1. The number of para-hydroxylation sites is 1. The number of methoxy groups -OCH3 is 1. The number of ether oxygens (including phenoxy) is 1. The average molecular weight is 492 g/mol. The number of rotatable bonds is 9. The van der Waals surface area contributed by atoms with Crippen molar-refractivity contribution >= 4 is 21.8 Å². The van der Waals surface area contributed by atoms with Gasteiger partial charge < -0.3 is 15.4 Å². The van der Waals surface area contributed by atoms with Crippen molar-refractivity contribution in [2.24, 2.45) is 0 Å². The Morgan fingerprint density at radius 1 is 1.15 bits per heavy atom. The van der Waals surface area contributed by atoms with Gasteiger partial charge in [0.05, 0.1) is 12.7 Å². The molecule has 0 bridgehead atoms. The molecule has 1 atom stereocenters. The van der Waals surface area contributed by atoms with Crippen molar-refractivity contribution in [3.05, 3.63) is 65.5 Å². The van der Waals surface area contributed by atoms with Gasteiger partial charge in [-0.1, -0.05) is 31.2 Å². The Kier molecular flexibility index (Phi) is 8.27. The molecule has 2 amide bonds. The van der Waals surface area contributed by atoms with Crippen LogP contribution in [0.2, 0.25) is 0 Å². The van der Waals surface area contributed by atoms with Crippen LogP contribution in [-0.4, -0.2) is 45.8 Å². The monoisotopic (exact) mass is 491 g/mol. The largest absolute Gasteiger partial charge is 0.496 e. The minimum Gasteiger partial charge on any atom is -0.496 e. The Morgan fingerprint density at radius 2 is 1.85 bits per heavy atom. The molecule has 8 nitrogen and oxygen atoms in total. The third-order valence-corrected chi connectivity index (χ3v) is 7.76. The summed E-state index contributed by atoms with van der Waals surface area (Å²) in [5.74, 6) is -1.58. The van der Waals surface area contributed by atoms with Crippen molar-refractivity contribution in [2.45, 2.75) is 43.4 Å². The minimum absolute atomic E-state index is 0.0148. The number of benzene rings is 2. The molecule has 1 saturated heterocycles. The van der Waals surface area contributed by atoms with E-state index in [2.05, 4.69) is 15.4 Å². The number of nitrogens with one attached hydrogen (secondary N) is 3. The molecule has 3 rings (SSSR count). The molecule has 2 aromatic carbocycles. The molecule has 184 valence electrons. The van der Waals surface area contributed by atoms with Gasteiger partial charge in [0, 0.05) is 11.8 Å². The summed E-state index contributed by atoms with van der Waals surface area (Å²) in [6, 6.07) is 12.2. The second kappa shape index (κ2) is 11.0. The van der Waals surface area contributed by atoms with E-state index in [1.54, 1.807) is 31.2 Å². The third-order valence-electron chi connectivity index (χ3n) is 6.05. The van der Waals surface area contributed by atoms with Crippen LogP contribution < -0.4 is 20.1 Å². The van der Waals surface area contributed by atoms with Crippen molar-refractivity contribution in [1.29, 1.82) is 0 Å². The lowest BCUT2D eigenvalue weighted by Gasteiger charge is -2.43. The lowest BCUT2D eigenvalue weighted by Crippen LogP contribution is -2.61. The van der Waals surface area contributed by atoms with Gasteiger partial charge in [-0.2, -0.15) is 0 Å². The summed E-state index contributed by atoms with van der Waals surface area (Å²) in [7, 11) is -3.00. The van der Waals surface area contributed by atoms with E-state index in [1.807, 2.05) is 0 Å². The maximum absolute atomic E-state index is 14.3. The lowest BCUT2D eigenvalue weighted by atomic mass is 9.72. The predicted octanol–water partition coefficient (Wildman–Crippen LogP) is 2.46. The molecule has 0 aliphatic carbocycles. The number of halogens is 1. The van der Waals surface area contributed by atoms with E-state index in [9.17, 15) is 22.4 Å². The normalized spacial score (nSPS) is 16.3. The van der Waals surface area contributed by atoms with Crippen LogP contribution in [0.4, 0.5) is 4.39 Å². The summed E-state index contributed by atoms with van der Waals surface area (Å²) >= 11 is 0. The number of carbonyl (C=O) groups excluding carboxylic acids is 2. The minimum atomic E-state index is -4.41. The highest BCUT2D eigenvalue weighted by Crippen LogP contribution is 2.39. The number of hydrogen-bond acceptors (Lipinski definition) is 6. The SMILES string of the molecule is CCCC(=O)NS(=O)(=O)C(NC(=O)c1ccccc1OC)C1(c2cccc(F)c2)CCNCC1. The van der Waals surface area contributed by atoms with Crippen LogP contribution in [0.5, 0.6) is 5.75 Å². The number of hydrogen-bond donors (Lipinski definition) is 3. The molecule has 10 heteroatoms. The van der Waals surface area contributed by atoms with Crippen LogP contribution in [0.1, 0.15) is 48.5 Å². The van der Waals surface area contributed by atoms with Crippen molar-refractivity contribution in [2.75, 3.05) is 20.2 Å². The van der Waals surface area contributed by atoms with Gasteiger partial charge in [-0.05, 0) is 62.2 Å². The molecule has 3 N–H and O–H groups in total. The molecule has 1 unspecified atom stereocenters. The van der Waals surface area contributed by atoms with Crippen molar-refractivity contribution in [1.82, 2.24) is 15.4 Å². The first-order valence-electron chi connectivity index (χ1n) is 11.2. The topological polar surface area (TPSA) is 114 Å². The quantitative estimate of drug-likeness (QED) is 0.497. The first-order chi connectivity index (χ1) is 16.2. The van der Waals surface area contributed by atoms with Gasteiger partial charge in [0.15, 0.2) is 5.37 Å². The van der Waals surface area contributed by atoms with Crippen molar-refractivity contribution < 1.29 is 27.1 Å². The molecule has 0 spiro atoms. The van der Waals surface area contributed by atoms with Crippen LogP contribution in [0.3, 0.4) is 0 Å². The Hall–Kier alpha value is -2.98. The summed E-state index contributed by atoms with van der Waals surface area (Å²) in [5, 5.41) is 4.30. The van der Waals surface area contributed by atoms with E-state index < -0.39 is 38.4 Å². The summed E-state index contributed by atoms with van der Waals surface area (Å²) < 4.78 is 48.8. The van der Waals surface area contributed by atoms with Crippen molar-refractivity contribution in [3.63, 3.8) is 0 Å². The smallest absolute Gasteiger partial charge is 0.256 e. The second-order valence-electron chi connectivity index (χ2n) is 8.29. The van der Waals surface area contributed by atoms with Crippen LogP contribution in [0.25, 0.3) is 0 Å². The van der Waals surface area contributed by atoms with Crippen molar-refractivity contribution in [3.8, 4) is 5.75 Å². The molecule has 1 aliphatic heterocycles. The van der Waals surface area contributed by atoms with Gasteiger partial charge in [0.25, 0.3) is 15.9 Å². The maximum atomic E-state index is 14.3. The molecular weight excluding hydrogens is 461 g/mol. The molecular formula is C24H30FN3O5S. The van der Waals surface area contributed by atoms with Crippen LogP contribution >= 0.6 is 0 Å². The van der Waals surface area contributed by atoms with Gasteiger partial charge in [0.2, 0.25) is 5.91 Å². The highest BCUT2D eigenvalue weighted by Gasteiger charge is 2.49. The fourth-order valence-electron chi connectivity index (χ4n) is 4.41. The first-order valence-corrected chi connectivity index (χ1v) is 12.7. The fraction of sp³-hybridized carbons (Fsp3) is 0.417. The number of carbonyl (C=O) groups is 2. The first kappa shape index (κ1) is 25.6. The second-order valence-corrected chi connectivity index (χ2v) is 10.1. The molecule has 34 heavy (non-hydrogen) atoms. The van der Waals surface area contributed by atoms with Gasteiger partial charge in [-0.3, -0.25) is 14.3 Å². The zero-order valence-corrected chi connectivity index (χ0v) is 20.1. The third kappa shape index (κ3) is 5.56. The average Bonchev–Trinajstić information content (AvgIpc) is 2.82. The van der Waals surface area contributed by atoms with E-state index in [-0.39, 0.29) is 17.7 Å². The summed E-state index contributed by atoms with van der Waals surface area (Å²) in [4.78, 5) is 25.6. The van der Waals surface area contributed by atoms with E-state index >= 15 is 0 Å². The standard InChI is InChI=1S/C24H30FN3O5S/c1-3-7-21(29)28-34(31,32)23(27-22(30)19-10-4-5-11-20(19)33-2)24(12-14-26-15-13-24)17-8-6-9-18(25)16-17/h4-6,8-11,16,23,26H,3,7,12-15H2,1-2H3,(H,27,30)(H,28,29). The predicted molar refractivity (Wildman–Crippen MR) is 126 cm³/mol. The van der Waals surface area contributed by atoms with Crippen LogP contribution in [-0.2, 0) is 20.2 Å². The Labute approximate surface area is 199 Å². The summed E-state index contributed by atoms with van der Waals surface area (Å²) in [6.07, 6.45) is 1.08. The summed E-state index contributed by atoms with van der Waals surface area (Å²) in [6.45, 7) is 2.67. The highest BCUT2D eigenvalue weighted by atomic mass is 32.2. The molecule has 1 heterocycles. The Bertz CT molecular complexity index is 1130. The molecule has 1 fully saturated rings. The van der Waals surface area contributed by atoms with E-state index in [0.29, 0.717) is 37.9 Å². The van der Waals surface area contributed by atoms with Gasteiger partial charge >= 0.3 is 0 Å². The van der Waals surface area contributed by atoms with Crippen LogP contribution in [0.15, 0.2) is 48.5 Å². The highest BCUT2D eigenvalue weighted by molar-refractivity contribution is 7.90. The number of piperidine rings is 1. The maximum Gasteiger partial charge on any atom is 0.256 e. The molecule has 0 saturated carbocycles. The van der Waals surface area contributed by atoms with Gasteiger partial charge in [0.1, 0.15) is 11.6 Å². The molecule has 1 aliphatic rings. The Morgan fingerprint density at radius 3 is 2.50 bits per heavy atom. The van der Waals surface area contributed by atoms with Gasteiger partial charge in [-0.15, -0.1) is 0 Å². The zero-order chi connectivity index (χ0) is 24.8. The van der Waals surface area contributed by atoms with Crippen LogP contribution in [0, 0.1) is 5.82 Å². The summed E-state index contributed by atoms with van der Waals surface area (Å²) in [5.41, 5.74) is -0.593. The molecule has 0 radical (unpaired) electrons. The molecule has 0 aromatic heterocycles. The fourth-order valence-corrected chi connectivity index (χ4v) is 6.18. The van der Waals surface area contributed by atoms with E-state index in [0.717, 1.165) is 0 Å². The Balaban J connectivity index is 2.12. The van der Waals surface area contributed by atoms with E-state index in [4.69, 9.17) is 4.74 Å². The van der Waals surface area contributed by atoms with Gasteiger partial charge in [-0.25, -0.2) is 12.8 Å². The zero-order valence-electron chi connectivity index (χ0n) is 19.3. The molecule has 2 aromatic rings. The number of amides is 2.